The summed E-state index contributed by atoms with van der Waals surface area (Å²) in [5.41, 5.74) is 9.33. The second kappa shape index (κ2) is 5.84. The highest BCUT2D eigenvalue weighted by Gasteiger charge is 2.30. The third-order valence-electron chi connectivity index (χ3n) is 3.53. The van der Waals surface area contributed by atoms with Gasteiger partial charge < -0.3 is 5.73 Å². The molecule has 0 aliphatic carbocycles. The summed E-state index contributed by atoms with van der Waals surface area (Å²) in [6, 6.07) is 11.1. The molecule has 1 aliphatic rings. The molecule has 2 unspecified atom stereocenters. The number of aliphatic imine (C=N–C) groups is 1. The lowest BCUT2D eigenvalue weighted by molar-refractivity contribution is 0.252. The van der Waals surface area contributed by atoms with E-state index in [1.807, 2.05) is 6.07 Å². The Morgan fingerprint density at radius 1 is 1.44 bits per heavy atom. The van der Waals surface area contributed by atoms with Crippen molar-refractivity contribution < 1.29 is 0 Å². The smallest absolute Gasteiger partial charge is 0.203 e. The Labute approximate surface area is 108 Å². The molecule has 1 aromatic carbocycles. The minimum Gasteiger partial charge on any atom is -0.369 e. The molecule has 5 heteroatoms. The van der Waals surface area contributed by atoms with E-state index in [4.69, 9.17) is 11.6 Å². The summed E-state index contributed by atoms with van der Waals surface area (Å²) in [5.74, 6) is 5.55. The van der Waals surface area contributed by atoms with E-state index in [0.717, 1.165) is 19.5 Å². The monoisotopic (exact) mass is 247 g/mol. The minimum absolute atomic E-state index is 0.227. The second-order valence-electron chi connectivity index (χ2n) is 4.71. The van der Waals surface area contributed by atoms with E-state index in [2.05, 4.69) is 46.5 Å². The van der Waals surface area contributed by atoms with Gasteiger partial charge in [0.15, 0.2) is 0 Å². The number of nitrogens with one attached hydrogen (secondary N) is 1. The van der Waals surface area contributed by atoms with E-state index >= 15 is 0 Å². The number of nitrogens with zero attached hydrogens (tertiary/aromatic N) is 2. The van der Waals surface area contributed by atoms with Gasteiger partial charge in [0.2, 0.25) is 5.96 Å². The van der Waals surface area contributed by atoms with Crippen LogP contribution in [0.1, 0.15) is 18.9 Å². The lowest BCUT2D eigenvalue weighted by atomic mass is 10.1. The van der Waals surface area contributed by atoms with Crippen LogP contribution in [0.3, 0.4) is 0 Å². The van der Waals surface area contributed by atoms with Gasteiger partial charge in [0.1, 0.15) is 0 Å². The Hall–Kier alpha value is -1.59. The quantitative estimate of drug-likeness (QED) is 0.313. The van der Waals surface area contributed by atoms with Gasteiger partial charge in [0.05, 0.1) is 6.04 Å². The van der Waals surface area contributed by atoms with Crippen LogP contribution in [-0.4, -0.2) is 29.5 Å². The molecule has 98 valence electrons. The van der Waals surface area contributed by atoms with Crippen molar-refractivity contribution in [2.75, 3.05) is 6.54 Å². The van der Waals surface area contributed by atoms with Crippen LogP contribution >= 0.6 is 0 Å². The number of hydrogen-bond donors (Lipinski definition) is 3. The standard InChI is InChI=1S/C13H21N5/c1-10-12(16-13(14)17-15)7-8-18(10)9-11-5-3-2-4-6-11/h2-6,10,12H,7-9,15H2,1H3,(H3,14,16,17). The van der Waals surface area contributed by atoms with E-state index in [1.165, 1.54) is 5.56 Å². The van der Waals surface area contributed by atoms with Crippen LogP contribution < -0.4 is 17.0 Å². The predicted octanol–water partition coefficient (Wildman–Crippen LogP) is 0.427. The first-order chi connectivity index (χ1) is 8.70. The van der Waals surface area contributed by atoms with Crippen LogP contribution in [0.5, 0.6) is 0 Å². The number of rotatable bonds is 3. The molecule has 0 aromatic heterocycles. The summed E-state index contributed by atoms with van der Waals surface area (Å²) in [6.45, 7) is 4.19. The largest absolute Gasteiger partial charge is 0.369 e. The van der Waals surface area contributed by atoms with Gasteiger partial charge in [-0.15, -0.1) is 0 Å². The van der Waals surface area contributed by atoms with Crippen LogP contribution in [0.2, 0.25) is 0 Å². The number of hydrazine groups is 1. The number of guanidine groups is 1. The summed E-state index contributed by atoms with van der Waals surface area (Å²) in [7, 11) is 0. The molecular weight excluding hydrogens is 226 g/mol. The molecule has 1 saturated heterocycles. The Kier molecular flexibility index (Phi) is 4.17. The zero-order valence-electron chi connectivity index (χ0n) is 10.7. The van der Waals surface area contributed by atoms with Crippen LogP contribution in [0.15, 0.2) is 35.3 Å². The third-order valence-corrected chi connectivity index (χ3v) is 3.53. The average Bonchev–Trinajstić information content (AvgIpc) is 2.73. The molecule has 1 heterocycles. The molecule has 1 aromatic rings. The zero-order chi connectivity index (χ0) is 13.0. The Morgan fingerprint density at radius 3 is 2.83 bits per heavy atom. The summed E-state index contributed by atoms with van der Waals surface area (Å²) >= 11 is 0. The maximum atomic E-state index is 5.61. The van der Waals surface area contributed by atoms with E-state index < -0.39 is 0 Å². The molecular formula is C13H21N5. The SMILES string of the molecule is CC1C(N=C(N)NN)CCN1Cc1ccccc1. The number of hydrogen-bond acceptors (Lipinski definition) is 3. The second-order valence-corrected chi connectivity index (χ2v) is 4.71. The van der Waals surface area contributed by atoms with E-state index in [9.17, 15) is 0 Å². The summed E-state index contributed by atoms with van der Waals surface area (Å²) < 4.78 is 0. The molecule has 1 fully saturated rings. The highest BCUT2D eigenvalue weighted by atomic mass is 15.3. The van der Waals surface area contributed by atoms with Crippen molar-refractivity contribution in [3.63, 3.8) is 0 Å². The lowest BCUT2D eigenvalue weighted by Gasteiger charge is -2.23. The molecule has 0 amide bonds. The molecule has 0 spiro atoms. The summed E-state index contributed by atoms with van der Waals surface area (Å²) in [5, 5.41) is 0. The summed E-state index contributed by atoms with van der Waals surface area (Å²) in [4.78, 5) is 6.81. The van der Waals surface area contributed by atoms with Gasteiger partial charge in [-0.25, -0.2) is 10.8 Å². The highest BCUT2D eigenvalue weighted by molar-refractivity contribution is 5.77. The fraction of sp³-hybridized carbons (Fsp3) is 0.462. The van der Waals surface area contributed by atoms with Crippen molar-refractivity contribution in [3.05, 3.63) is 35.9 Å². The number of benzene rings is 1. The first kappa shape index (κ1) is 12.9. The van der Waals surface area contributed by atoms with Crippen molar-refractivity contribution in [2.24, 2.45) is 16.6 Å². The number of likely N-dealkylation sites (tertiary alicyclic amines) is 1. The Morgan fingerprint density at radius 2 is 2.17 bits per heavy atom. The van der Waals surface area contributed by atoms with Gasteiger partial charge >= 0.3 is 0 Å². The molecule has 5 nitrogen and oxygen atoms in total. The third kappa shape index (κ3) is 3.00. The Balaban J connectivity index is 1.97. The van der Waals surface area contributed by atoms with Crippen LogP contribution in [0.25, 0.3) is 0 Å². The van der Waals surface area contributed by atoms with Crippen molar-refractivity contribution in [3.8, 4) is 0 Å². The average molecular weight is 247 g/mol. The van der Waals surface area contributed by atoms with E-state index in [-0.39, 0.29) is 6.04 Å². The maximum absolute atomic E-state index is 5.61. The predicted molar refractivity (Wildman–Crippen MR) is 73.7 cm³/mol. The van der Waals surface area contributed by atoms with Gasteiger partial charge in [-0.05, 0) is 18.9 Å². The topological polar surface area (TPSA) is 79.7 Å². The molecule has 0 saturated carbocycles. The van der Waals surface area contributed by atoms with Gasteiger partial charge in [0, 0.05) is 19.1 Å². The maximum Gasteiger partial charge on any atom is 0.203 e. The van der Waals surface area contributed by atoms with Crippen LogP contribution in [0.4, 0.5) is 0 Å². The van der Waals surface area contributed by atoms with Crippen LogP contribution in [-0.2, 0) is 6.54 Å². The van der Waals surface area contributed by atoms with E-state index in [0.29, 0.717) is 12.0 Å². The van der Waals surface area contributed by atoms with E-state index in [1.54, 1.807) is 0 Å². The fourth-order valence-electron chi connectivity index (χ4n) is 2.42. The zero-order valence-corrected chi connectivity index (χ0v) is 10.7. The van der Waals surface area contributed by atoms with Gasteiger partial charge in [-0.3, -0.25) is 10.3 Å². The molecule has 5 N–H and O–H groups in total. The van der Waals surface area contributed by atoms with Crippen molar-refractivity contribution in [1.29, 1.82) is 0 Å². The summed E-state index contributed by atoms with van der Waals surface area (Å²) in [6.07, 6.45) is 1.02. The van der Waals surface area contributed by atoms with Crippen molar-refractivity contribution >= 4 is 5.96 Å². The van der Waals surface area contributed by atoms with Gasteiger partial charge in [0.25, 0.3) is 0 Å². The van der Waals surface area contributed by atoms with Crippen molar-refractivity contribution in [1.82, 2.24) is 10.3 Å². The van der Waals surface area contributed by atoms with Gasteiger partial charge in [-0.2, -0.15) is 0 Å². The Bertz CT molecular complexity index is 403. The number of nitrogens with two attached hydrogens (primary N) is 2. The lowest BCUT2D eigenvalue weighted by Crippen LogP contribution is -2.39. The van der Waals surface area contributed by atoms with Crippen LogP contribution in [0, 0.1) is 0 Å². The van der Waals surface area contributed by atoms with Crippen molar-refractivity contribution in [2.45, 2.75) is 32.0 Å². The fourth-order valence-corrected chi connectivity index (χ4v) is 2.42. The molecule has 2 atom stereocenters. The highest BCUT2D eigenvalue weighted by Crippen LogP contribution is 2.22. The first-order valence-electron chi connectivity index (χ1n) is 6.28. The molecule has 2 rings (SSSR count). The normalized spacial score (nSPS) is 25.3. The minimum atomic E-state index is 0.227. The first-order valence-corrected chi connectivity index (χ1v) is 6.28. The molecule has 1 aliphatic heterocycles. The van der Waals surface area contributed by atoms with Gasteiger partial charge in [-0.1, -0.05) is 30.3 Å². The molecule has 0 radical (unpaired) electrons. The molecule has 0 bridgehead atoms. The molecule has 18 heavy (non-hydrogen) atoms.